The molecule has 0 saturated carbocycles. The molecule has 1 N–H and O–H groups in total. The van der Waals surface area contributed by atoms with Gasteiger partial charge in [0.2, 0.25) is 5.91 Å². The number of likely N-dealkylation sites (N-methyl/N-ethyl adjacent to an activating group) is 1. The van der Waals surface area contributed by atoms with Crippen LogP contribution in [-0.2, 0) is 11.2 Å². The van der Waals surface area contributed by atoms with Gasteiger partial charge in [0, 0.05) is 18.0 Å². The van der Waals surface area contributed by atoms with Crippen LogP contribution in [0.15, 0.2) is 29.2 Å². The first kappa shape index (κ1) is 13.4. The first-order chi connectivity index (χ1) is 8.66. The molecule has 0 radical (unpaired) electrons. The number of piperidine rings is 1. The van der Waals surface area contributed by atoms with Crippen molar-refractivity contribution in [1.29, 1.82) is 0 Å². The molecule has 1 saturated heterocycles. The number of hydrogen-bond donors (Lipinski definition) is 2. The molecule has 98 valence electrons. The van der Waals surface area contributed by atoms with Crippen LogP contribution in [-0.4, -0.2) is 37.0 Å². The SMILES string of the molecule is CN(C(=O)Cc1ccc(S)cc1)C1CCNCC1. The van der Waals surface area contributed by atoms with Gasteiger partial charge in [-0.25, -0.2) is 0 Å². The Morgan fingerprint density at radius 2 is 1.94 bits per heavy atom. The standard InChI is InChI=1S/C14H20N2OS/c1-16(12-6-8-15-9-7-12)14(17)10-11-2-4-13(18)5-3-11/h2-5,12,15,18H,6-10H2,1H3. The molecule has 0 atom stereocenters. The fraction of sp³-hybridized carbons (Fsp3) is 0.500. The van der Waals surface area contributed by atoms with E-state index < -0.39 is 0 Å². The van der Waals surface area contributed by atoms with Crippen molar-refractivity contribution >= 4 is 18.5 Å². The van der Waals surface area contributed by atoms with Crippen LogP contribution >= 0.6 is 12.6 Å². The summed E-state index contributed by atoms with van der Waals surface area (Å²) in [7, 11) is 1.92. The van der Waals surface area contributed by atoms with Crippen molar-refractivity contribution in [3.63, 3.8) is 0 Å². The molecular formula is C14H20N2OS. The number of hydrogen-bond acceptors (Lipinski definition) is 3. The average Bonchev–Trinajstić information content (AvgIpc) is 2.41. The van der Waals surface area contributed by atoms with Crippen molar-refractivity contribution in [1.82, 2.24) is 10.2 Å². The minimum Gasteiger partial charge on any atom is -0.342 e. The van der Waals surface area contributed by atoms with Crippen molar-refractivity contribution < 1.29 is 4.79 Å². The molecule has 0 aliphatic carbocycles. The molecule has 1 aromatic rings. The lowest BCUT2D eigenvalue weighted by Gasteiger charge is -2.31. The summed E-state index contributed by atoms with van der Waals surface area (Å²) >= 11 is 4.24. The van der Waals surface area contributed by atoms with Crippen LogP contribution in [0.5, 0.6) is 0 Å². The van der Waals surface area contributed by atoms with Gasteiger partial charge in [-0.05, 0) is 43.6 Å². The zero-order chi connectivity index (χ0) is 13.0. The van der Waals surface area contributed by atoms with E-state index in [4.69, 9.17) is 0 Å². The molecule has 0 aromatic heterocycles. The number of nitrogens with zero attached hydrogens (tertiary/aromatic N) is 1. The predicted molar refractivity (Wildman–Crippen MR) is 76.1 cm³/mol. The van der Waals surface area contributed by atoms with Crippen LogP contribution in [0.1, 0.15) is 18.4 Å². The Morgan fingerprint density at radius 1 is 1.33 bits per heavy atom. The number of thiol groups is 1. The van der Waals surface area contributed by atoms with Crippen molar-refractivity contribution in [2.75, 3.05) is 20.1 Å². The summed E-state index contributed by atoms with van der Waals surface area (Å²) in [5.41, 5.74) is 1.05. The first-order valence-electron chi connectivity index (χ1n) is 6.41. The molecule has 1 fully saturated rings. The topological polar surface area (TPSA) is 32.3 Å². The molecule has 0 spiro atoms. The number of rotatable bonds is 3. The highest BCUT2D eigenvalue weighted by atomic mass is 32.1. The molecule has 0 unspecified atom stereocenters. The van der Waals surface area contributed by atoms with Crippen LogP contribution in [0.2, 0.25) is 0 Å². The third-order valence-electron chi connectivity index (χ3n) is 3.54. The second kappa shape index (κ2) is 6.25. The van der Waals surface area contributed by atoms with E-state index in [0.717, 1.165) is 36.4 Å². The molecule has 1 heterocycles. The fourth-order valence-electron chi connectivity index (χ4n) is 2.31. The highest BCUT2D eigenvalue weighted by Crippen LogP contribution is 2.13. The zero-order valence-electron chi connectivity index (χ0n) is 10.7. The van der Waals surface area contributed by atoms with Crippen LogP contribution in [0, 0.1) is 0 Å². The van der Waals surface area contributed by atoms with Crippen LogP contribution in [0.3, 0.4) is 0 Å². The molecule has 1 amide bonds. The van der Waals surface area contributed by atoms with Crippen LogP contribution in [0.25, 0.3) is 0 Å². The van der Waals surface area contributed by atoms with Gasteiger partial charge in [-0.2, -0.15) is 0 Å². The van der Waals surface area contributed by atoms with E-state index in [-0.39, 0.29) is 5.91 Å². The Morgan fingerprint density at radius 3 is 2.56 bits per heavy atom. The highest BCUT2D eigenvalue weighted by Gasteiger charge is 2.21. The third kappa shape index (κ3) is 3.50. The van der Waals surface area contributed by atoms with E-state index >= 15 is 0 Å². The van der Waals surface area contributed by atoms with Gasteiger partial charge in [-0.3, -0.25) is 4.79 Å². The Hall–Kier alpha value is -1.00. The summed E-state index contributed by atoms with van der Waals surface area (Å²) in [6.45, 7) is 2.02. The Labute approximate surface area is 114 Å². The predicted octanol–water partition coefficient (Wildman–Crippen LogP) is 1.73. The minimum absolute atomic E-state index is 0.203. The number of carbonyl (C=O) groups is 1. The highest BCUT2D eigenvalue weighted by molar-refractivity contribution is 7.80. The van der Waals surface area contributed by atoms with E-state index in [1.54, 1.807) is 0 Å². The molecule has 4 heteroatoms. The maximum atomic E-state index is 12.2. The van der Waals surface area contributed by atoms with Gasteiger partial charge >= 0.3 is 0 Å². The number of nitrogens with one attached hydrogen (secondary N) is 1. The third-order valence-corrected chi connectivity index (χ3v) is 3.84. The first-order valence-corrected chi connectivity index (χ1v) is 6.86. The van der Waals surface area contributed by atoms with Gasteiger partial charge in [0.05, 0.1) is 6.42 Å². The van der Waals surface area contributed by atoms with Gasteiger partial charge in [-0.15, -0.1) is 12.6 Å². The van der Waals surface area contributed by atoms with E-state index in [9.17, 15) is 4.79 Å². The van der Waals surface area contributed by atoms with Crippen LogP contribution < -0.4 is 5.32 Å². The quantitative estimate of drug-likeness (QED) is 0.815. The number of carbonyl (C=O) groups excluding carboxylic acids is 1. The summed E-state index contributed by atoms with van der Waals surface area (Å²) in [4.78, 5) is 15.0. The maximum Gasteiger partial charge on any atom is 0.226 e. The van der Waals surface area contributed by atoms with Gasteiger partial charge in [-0.1, -0.05) is 12.1 Å². The normalized spacial score (nSPS) is 16.6. The molecular weight excluding hydrogens is 244 g/mol. The Kier molecular flexibility index (Phi) is 4.66. The summed E-state index contributed by atoms with van der Waals surface area (Å²) in [6, 6.07) is 8.18. The lowest BCUT2D eigenvalue weighted by Crippen LogP contribution is -2.44. The van der Waals surface area contributed by atoms with Gasteiger partial charge in [0.15, 0.2) is 0 Å². The van der Waals surface area contributed by atoms with E-state index in [1.165, 1.54) is 0 Å². The molecule has 0 bridgehead atoms. The van der Waals surface area contributed by atoms with E-state index in [0.29, 0.717) is 12.5 Å². The average molecular weight is 264 g/mol. The minimum atomic E-state index is 0.203. The molecule has 1 aliphatic heterocycles. The zero-order valence-corrected chi connectivity index (χ0v) is 11.6. The van der Waals surface area contributed by atoms with Gasteiger partial charge in [0.25, 0.3) is 0 Å². The second-order valence-corrected chi connectivity index (χ2v) is 5.35. The lowest BCUT2D eigenvalue weighted by atomic mass is 10.0. The maximum absolute atomic E-state index is 12.2. The largest absolute Gasteiger partial charge is 0.342 e. The lowest BCUT2D eigenvalue weighted by molar-refractivity contribution is -0.131. The number of amides is 1. The van der Waals surface area contributed by atoms with E-state index in [2.05, 4.69) is 17.9 Å². The van der Waals surface area contributed by atoms with Crippen molar-refractivity contribution in [3.8, 4) is 0 Å². The molecule has 2 rings (SSSR count). The summed E-state index contributed by atoms with van der Waals surface area (Å²) in [6.07, 6.45) is 2.59. The van der Waals surface area contributed by atoms with Crippen molar-refractivity contribution in [2.45, 2.75) is 30.2 Å². The van der Waals surface area contributed by atoms with Crippen molar-refractivity contribution in [2.24, 2.45) is 0 Å². The summed E-state index contributed by atoms with van der Waals surface area (Å²) in [5.74, 6) is 0.203. The smallest absolute Gasteiger partial charge is 0.226 e. The van der Waals surface area contributed by atoms with E-state index in [1.807, 2.05) is 36.2 Å². The van der Waals surface area contributed by atoms with Crippen molar-refractivity contribution in [3.05, 3.63) is 29.8 Å². The van der Waals surface area contributed by atoms with Gasteiger partial charge < -0.3 is 10.2 Å². The van der Waals surface area contributed by atoms with Crippen LogP contribution in [0.4, 0.5) is 0 Å². The fourth-order valence-corrected chi connectivity index (χ4v) is 2.46. The number of benzene rings is 1. The van der Waals surface area contributed by atoms with Gasteiger partial charge in [0.1, 0.15) is 0 Å². The Bertz CT molecular complexity index is 399. The monoisotopic (exact) mass is 264 g/mol. The molecule has 1 aromatic carbocycles. The summed E-state index contributed by atoms with van der Waals surface area (Å²) in [5, 5.41) is 3.32. The molecule has 3 nitrogen and oxygen atoms in total. The Balaban J connectivity index is 1.92. The second-order valence-electron chi connectivity index (χ2n) is 4.83. The summed E-state index contributed by atoms with van der Waals surface area (Å²) < 4.78 is 0. The molecule has 1 aliphatic rings. The molecule has 18 heavy (non-hydrogen) atoms.